The van der Waals surface area contributed by atoms with E-state index in [2.05, 4.69) is 16.6 Å². The van der Waals surface area contributed by atoms with Crippen molar-refractivity contribution in [2.75, 3.05) is 26.2 Å². The van der Waals surface area contributed by atoms with Crippen LogP contribution in [0.1, 0.15) is 36.0 Å². The van der Waals surface area contributed by atoms with Crippen molar-refractivity contribution >= 4 is 21.8 Å². The highest BCUT2D eigenvalue weighted by molar-refractivity contribution is 7.89. The molecule has 26 heavy (non-hydrogen) atoms. The summed E-state index contributed by atoms with van der Waals surface area (Å²) in [4.78, 5) is 23.8. The Morgan fingerprint density at radius 1 is 1.12 bits per heavy atom. The van der Waals surface area contributed by atoms with Crippen LogP contribution in [0.25, 0.3) is 0 Å². The first-order valence-corrected chi connectivity index (χ1v) is 9.98. The van der Waals surface area contributed by atoms with Crippen LogP contribution in [0.5, 0.6) is 0 Å². The molecule has 1 aliphatic heterocycles. The van der Waals surface area contributed by atoms with Crippen molar-refractivity contribution in [2.45, 2.75) is 30.6 Å². The number of terminal acetylenes is 1. The molecule has 0 saturated carbocycles. The number of hydrogen-bond donors (Lipinski definition) is 2. The first kappa shape index (κ1) is 19.9. The lowest BCUT2D eigenvalue weighted by atomic mass is 10.2. The smallest absolute Gasteiger partial charge is 0.251 e. The minimum absolute atomic E-state index is 0.0816. The number of nitrogens with one attached hydrogen (secondary N) is 2. The van der Waals surface area contributed by atoms with Gasteiger partial charge in [0.05, 0.1) is 18.0 Å². The summed E-state index contributed by atoms with van der Waals surface area (Å²) in [6, 6.07) is 5.86. The molecule has 0 bridgehead atoms. The first-order valence-electron chi connectivity index (χ1n) is 8.53. The van der Waals surface area contributed by atoms with E-state index in [0.717, 1.165) is 25.7 Å². The Labute approximate surface area is 154 Å². The van der Waals surface area contributed by atoms with Crippen LogP contribution in [0.15, 0.2) is 29.2 Å². The van der Waals surface area contributed by atoms with Gasteiger partial charge < -0.3 is 10.6 Å². The van der Waals surface area contributed by atoms with Crippen molar-refractivity contribution in [3.63, 3.8) is 0 Å². The van der Waals surface area contributed by atoms with E-state index in [1.807, 2.05) is 0 Å². The fourth-order valence-corrected chi connectivity index (χ4v) is 4.27. The van der Waals surface area contributed by atoms with Crippen molar-refractivity contribution < 1.29 is 18.0 Å². The van der Waals surface area contributed by atoms with Gasteiger partial charge >= 0.3 is 0 Å². The number of hydrogen-bond acceptors (Lipinski definition) is 4. The third kappa shape index (κ3) is 5.31. The number of carbonyl (C=O) groups is 2. The normalized spacial score (nSPS) is 15.5. The molecule has 1 aliphatic rings. The maximum Gasteiger partial charge on any atom is 0.251 e. The first-order chi connectivity index (χ1) is 12.4. The van der Waals surface area contributed by atoms with Crippen LogP contribution in [0, 0.1) is 12.3 Å². The van der Waals surface area contributed by atoms with Gasteiger partial charge in [-0.25, -0.2) is 8.42 Å². The molecular formula is C18H23N3O4S. The van der Waals surface area contributed by atoms with Crippen LogP contribution in [-0.2, 0) is 14.8 Å². The molecule has 1 fully saturated rings. The third-order valence-corrected chi connectivity index (χ3v) is 5.99. The van der Waals surface area contributed by atoms with Crippen molar-refractivity contribution in [3.8, 4) is 12.3 Å². The maximum absolute atomic E-state index is 12.8. The van der Waals surface area contributed by atoms with Crippen LogP contribution >= 0.6 is 0 Å². The Morgan fingerprint density at radius 3 is 2.46 bits per heavy atom. The molecule has 2 rings (SSSR count). The Balaban J connectivity index is 2.08. The predicted molar refractivity (Wildman–Crippen MR) is 97.8 cm³/mol. The highest BCUT2D eigenvalue weighted by Crippen LogP contribution is 2.21. The summed E-state index contributed by atoms with van der Waals surface area (Å²) >= 11 is 0. The molecule has 140 valence electrons. The summed E-state index contributed by atoms with van der Waals surface area (Å²) in [6.45, 7) is 0.837. The summed E-state index contributed by atoms with van der Waals surface area (Å²) in [5.41, 5.74) is 0.186. The molecule has 0 spiro atoms. The summed E-state index contributed by atoms with van der Waals surface area (Å²) in [7, 11) is -3.63. The van der Waals surface area contributed by atoms with Gasteiger partial charge in [0.1, 0.15) is 0 Å². The number of amides is 2. The molecule has 8 heteroatoms. The zero-order chi connectivity index (χ0) is 19.0. The Bertz CT molecular complexity index is 791. The van der Waals surface area contributed by atoms with E-state index in [1.165, 1.54) is 28.6 Å². The average molecular weight is 377 g/mol. The van der Waals surface area contributed by atoms with E-state index in [-0.39, 0.29) is 23.5 Å². The van der Waals surface area contributed by atoms with Gasteiger partial charge in [-0.2, -0.15) is 4.31 Å². The second kappa shape index (κ2) is 9.36. The van der Waals surface area contributed by atoms with Gasteiger partial charge in [-0.3, -0.25) is 9.59 Å². The second-order valence-electron chi connectivity index (χ2n) is 6.01. The maximum atomic E-state index is 12.8. The lowest BCUT2D eigenvalue weighted by Gasteiger charge is -2.20. The van der Waals surface area contributed by atoms with Crippen molar-refractivity contribution in [2.24, 2.45) is 0 Å². The zero-order valence-electron chi connectivity index (χ0n) is 14.5. The molecule has 0 aromatic heterocycles. The molecule has 2 amide bonds. The SMILES string of the molecule is C#CCNC(=O)CNC(=O)c1cccc(S(=O)(=O)N2CCCCCC2)c1. The predicted octanol–water partition coefficient (Wildman–Crippen LogP) is 0.731. The van der Waals surface area contributed by atoms with Gasteiger partial charge in [0.2, 0.25) is 15.9 Å². The molecule has 0 radical (unpaired) electrons. The van der Waals surface area contributed by atoms with Gasteiger partial charge in [0.25, 0.3) is 5.91 Å². The minimum atomic E-state index is -3.63. The number of nitrogens with zero attached hydrogens (tertiary/aromatic N) is 1. The van der Waals surface area contributed by atoms with Gasteiger partial charge in [-0.15, -0.1) is 6.42 Å². The minimum Gasteiger partial charge on any atom is -0.344 e. The van der Waals surface area contributed by atoms with E-state index in [0.29, 0.717) is 13.1 Å². The lowest BCUT2D eigenvalue weighted by Crippen LogP contribution is -2.37. The van der Waals surface area contributed by atoms with E-state index >= 15 is 0 Å². The zero-order valence-corrected chi connectivity index (χ0v) is 15.3. The van der Waals surface area contributed by atoms with Gasteiger partial charge in [-0.05, 0) is 31.0 Å². The van der Waals surface area contributed by atoms with Crippen LogP contribution < -0.4 is 10.6 Å². The van der Waals surface area contributed by atoms with Crippen molar-refractivity contribution in [1.82, 2.24) is 14.9 Å². The molecule has 1 heterocycles. The number of benzene rings is 1. The van der Waals surface area contributed by atoms with Crippen molar-refractivity contribution in [1.29, 1.82) is 0 Å². The summed E-state index contributed by atoms with van der Waals surface area (Å²) < 4.78 is 27.1. The van der Waals surface area contributed by atoms with E-state index in [1.54, 1.807) is 0 Å². The summed E-state index contributed by atoms with van der Waals surface area (Å²) in [5, 5.41) is 4.88. The van der Waals surface area contributed by atoms with Gasteiger partial charge in [-0.1, -0.05) is 24.8 Å². The number of sulfonamides is 1. The van der Waals surface area contributed by atoms with E-state index in [9.17, 15) is 18.0 Å². The Morgan fingerprint density at radius 2 is 1.81 bits per heavy atom. The topological polar surface area (TPSA) is 95.6 Å². The van der Waals surface area contributed by atoms with E-state index < -0.39 is 21.8 Å². The van der Waals surface area contributed by atoms with Gasteiger partial charge in [0, 0.05) is 18.7 Å². The molecule has 0 unspecified atom stereocenters. The largest absolute Gasteiger partial charge is 0.344 e. The molecule has 0 atom stereocenters. The van der Waals surface area contributed by atoms with Crippen LogP contribution in [0.3, 0.4) is 0 Å². The molecule has 1 aromatic rings. The highest BCUT2D eigenvalue weighted by atomic mass is 32.2. The quantitative estimate of drug-likeness (QED) is 0.715. The highest BCUT2D eigenvalue weighted by Gasteiger charge is 2.25. The fraction of sp³-hybridized carbons (Fsp3) is 0.444. The lowest BCUT2D eigenvalue weighted by molar-refractivity contribution is -0.119. The molecule has 2 N–H and O–H groups in total. The molecular weight excluding hydrogens is 354 g/mol. The molecule has 1 saturated heterocycles. The molecule has 7 nitrogen and oxygen atoms in total. The van der Waals surface area contributed by atoms with E-state index in [4.69, 9.17) is 6.42 Å². The number of rotatable bonds is 6. The third-order valence-electron chi connectivity index (χ3n) is 4.10. The monoisotopic (exact) mass is 377 g/mol. The Hall–Kier alpha value is -2.37. The number of carbonyl (C=O) groups excluding carboxylic acids is 2. The Kier molecular flexibility index (Phi) is 7.18. The fourth-order valence-electron chi connectivity index (χ4n) is 2.70. The average Bonchev–Trinajstić information content (AvgIpc) is 2.94. The standard InChI is InChI=1S/C18H23N3O4S/c1-2-10-19-17(22)14-20-18(23)15-8-7-9-16(13-15)26(24,25)21-11-5-3-4-6-12-21/h1,7-9,13H,3-6,10-12,14H2,(H,19,22)(H,20,23). The van der Waals surface area contributed by atoms with Gasteiger partial charge in [0.15, 0.2) is 0 Å². The van der Waals surface area contributed by atoms with Crippen LogP contribution in [0.4, 0.5) is 0 Å². The van der Waals surface area contributed by atoms with Crippen LogP contribution in [0.2, 0.25) is 0 Å². The molecule has 1 aromatic carbocycles. The van der Waals surface area contributed by atoms with Crippen LogP contribution in [-0.4, -0.2) is 50.7 Å². The molecule has 0 aliphatic carbocycles. The second-order valence-corrected chi connectivity index (χ2v) is 7.95. The summed E-state index contributed by atoms with van der Waals surface area (Å²) in [5.74, 6) is 1.33. The van der Waals surface area contributed by atoms with Crippen molar-refractivity contribution in [3.05, 3.63) is 29.8 Å². The summed E-state index contributed by atoms with van der Waals surface area (Å²) in [6.07, 6.45) is 8.77.